The summed E-state index contributed by atoms with van der Waals surface area (Å²) in [7, 11) is 0. The van der Waals surface area contributed by atoms with Crippen LogP contribution in [0.4, 0.5) is 0 Å². The molecule has 20 heavy (non-hydrogen) atoms. The maximum absolute atomic E-state index is 9.42. The van der Waals surface area contributed by atoms with Gasteiger partial charge >= 0.3 is 0 Å². The molecule has 1 N–H and O–H groups in total. The van der Waals surface area contributed by atoms with Gasteiger partial charge < -0.3 is 9.47 Å². The third kappa shape index (κ3) is 9.27. The van der Waals surface area contributed by atoms with Crippen LogP contribution in [0.3, 0.4) is 0 Å². The molecule has 0 rings (SSSR count). The Bertz CT molecular complexity index is 269. The number of nitriles is 1. The molecule has 0 spiro atoms. The summed E-state index contributed by atoms with van der Waals surface area (Å²) in [6.45, 7) is 15.2. The average molecular weight is 285 g/mol. The van der Waals surface area contributed by atoms with Gasteiger partial charge in [-0.05, 0) is 34.6 Å². The van der Waals surface area contributed by atoms with Crippen LogP contribution in [0.5, 0.6) is 0 Å². The monoisotopic (exact) mass is 285 g/mol. The summed E-state index contributed by atoms with van der Waals surface area (Å²) in [5.41, 5.74) is -0.549. The highest BCUT2D eigenvalue weighted by atomic mass is 16.5. The first-order valence-corrected chi connectivity index (χ1v) is 7.54. The van der Waals surface area contributed by atoms with Crippen LogP contribution in [-0.2, 0) is 9.47 Å². The summed E-state index contributed by atoms with van der Waals surface area (Å²) < 4.78 is 10.8. The molecule has 0 heterocycles. The van der Waals surface area contributed by atoms with E-state index >= 15 is 0 Å². The average Bonchev–Trinajstić information content (AvgIpc) is 2.38. The molecule has 0 fully saturated rings. The van der Waals surface area contributed by atoms with Gasteiger partial charge in [0.2, 0.25) is 0 Å². The first-order chi connectivity index (χ1) is 9.47. The molecule has 5 heteroatoms. The summed E-state index contributed by atoms with van der Waals surface area (Å²) in [6.07, 6.45) is 0. The molecule has 0 aliphatic rings. The van der Waals surface area contributed by atoms with E-state index in [0.29, 0.717) is 19.8 Å². The number of nitrogens with one attached hydrogen (secondary N) is 1. The van der Waals surface area contributed by atoms with Gasteiger partial charge in [-0.15, -0.1) is 0 Å². The number of nitrogens with zero attached hydrogens (tertiary/aromatic N) is 2. The highest BCUT2D eigenvalue weighted by molar-refractivity contribution is 5.06. The van der Waals surface area contributed by atoms with Crippen LogP contribution >= 0.6 is 0 Å². The lowest BCUT2D eigenvalue weighted by atomic mass is 10.0. The van der Waals surface area contributed by atoms with Gasteiger partial charge in [0.1, 0.15) is 5.54 Å². The van der Waals surface area contributed by atoms with Gasteiger partial charge in [0.15, 0.2) is 0 Å². The standard InChI is InChI=1S/C15H31N3O2/c1-6-19-10-8-18(9-11-20-7-2)13-15(5,12-16)17-14(3)4/h14,17H,6-11,13H2,1-5H3. The van der Waals surface area contributed by atoms with E-state index in [1.54, 1.807) is 0 Å². The Kier molecular flexibility index (Phi) is 10.7. The minimum atomic E-state index is -0.549. The zero-order chi connectivity index (χ0) is 15.4. The number of hydrogen-bond donors (Lipinski definition) is 1. The smallest absolute Gasteiger partial charge is 0.116 e. The zero-order valence-electron chi connectivity index (χ0n) is 13.7. The second-order valence-electron chi connectivity index (χ2n) is 5.41. The van der Waals surface area contributed by atoms with Crippen molar-refractivity contribution in [3.63, 3.8) is 0 Å². The Morgan fingerprint density at radius 3 is 2.00 bits per heavy atom. The highest BCUT2D eigenvalue weighted by Crippen LogP contribution is 2.07. The van der Waals surface area contributed by atoms with Crippen molar-refractivity contribution < 1.29 is 9.47 Å². The van der Waals surface area contributed by atoms with Gasteiger partial charge in [0.05, 0.1) is 19.3 Å². The molecule has 118 valence electrons. The Morgan fingerprint density at radius 2 is 1.65 bits per heavy atom. The minimum Gasteiger partial charge on any atom is -0.380 e. The molecular formula is C15H31N3O2. The summed E-state index contributed by atoms with van der Waals surface area (Å²) in [4.78, 5) is 2.23. The van der Waals surface area contributed by atoms with E-state index in [9.17, 15) is 5.26 Å². The summed E-state index contributed by atoms with van der Waals surface area (Å²) in [5.74, 6) is 0. The molecule has 0 amide bonds. The van der Waals surface area contributed by atoms with Crippen LogP contribution in [0, 0.1) is 11.3 Å². The van der Waals surface area contributed by atoms with Crippen molar-refractivity contribution in [2.75, 3.05) is 46.1 Å². The predicted octanol–water partition coefficient (Wildman–Crippen LogP) is 1.64. The third-order valence-electron chi connectivity index (χ3n) is 2.91. The fourth-order valence-electron chi connectivity index (χ4n) is 2.14. The molecule has 0 saturated heterocycles. The fraction of sp³-hybridized carbons (Fsp3) is 0.933. The molecule has 0 aliphatic heterocycles. The van der Waals surface area contributed by atoms with Gasteiger partial charge in [-0.1, -0.05) is 0 Å². The molecule has 0 aliphatic carbocycles. The SMILES string of the molecule is CCOCCN(CCOCC)CC(C)(C#N)NC(C)C. The van der Waals surface area contributed by atoms with Crippen molar-refractivity contribution >= 4 is 0 Å². The van der Waals surface area contributed by atoms with Gasteiger partial charge in [-0.25, -0.2) is 0 Å². The van der Waals surface area contributed by atoms with Gasteiger partial charge in [-0.3, -0.25) is 10.2 Å². The molecule has 5 nitrogen and oxygen atoms in total. The molecule has 0 radical (unpaired) electrons. The lowest BCUT2D eigenvalue weighted by Gasteiger charge is -2.32. The highest BCUT2D eigenvalue weighted by Gasteiger charge is 2.27. The summed E-state index contributed by atoms with van der Waals surface area (Å²) in [5, 5.41) is 12.8. The molecule has 1 atom stereocenters. The van der Waals surface area contributed by atoms with E-state index < -0.39 is 5.54 Å². The second-order valence-corrected chi connectivity index (χ2v) is 5.41. The summed E-state index contributed by atoms with van der Waals surface area (Å²) >= 11 is 0. The Morgan fingerprint density at radius 1 is 1.15 bits per heavy atom. The zero-order valence-corrected chi connectivity index (χ0v) is 13.7. The van der Waals surface area contributed by atoms with Crippen LogP contribution in [0.25, 0.3) is 0 Å². The number of ether oxygens (including phenoxy) is 2. The van der Waals surface area contributed by atoms with E-state index in [0.717, 1.165) is 26.3 Å². The lowest BCUT2D eigenvalue weighted by Crippen LogP contribution is -2.53. The van der Waals surface area contributed by atoms with Gasteiger partial charge in [0.25, 0.3) is 0 Å². The van der Waals surface area contributed by atoms with Crippen LogP contribution in [0.1, 0.15) is 34.6 Å². The molecule has 0 aromatic carbocycles. The van der Waals surface area contributed by atoms with Gasteiger partial charge in [-0.2, -0.15) is 5.26 Å². The lowest BCUT2D eigenvalue weighted by molar-refractivity contribution is 0.0740. The fourth-order valence-corrected chi connectivity index (χ4v) is 2.14. The Balaban J connectivity index is 4.45. The van der Waals surface area contributed by atoms with Gasteiger partial charge in [0, 0.05) is 38.9 Å². The van der Waals surface area contributed by atoms with E-state index in [-0.39, 0.29) is 6.04 Å². The maximum Gasteiger partial charge on any atom is 0.116 e. The van der Waals surface area contributed by atoms with E-state index in [4.69, 9.17) is 9.47 Å². The van der Waals surface area contributed by atoms with Crippen molar-refractivity contribution in [3.8, 4) is 6.07 Å². The Labute approximate surface area is 124 Å². The van der Waals surface area contributed by atoms with Crippen molar-refractivity contribution in [1.82, 2.24) is 10.2 Å². The van der Waals surface area contributed by atoms with E-state index in [2.05, 4.69) is 30.1 Å². The molecular weight excluding hydrogens is 254 g/mol. The first kappa shape index (κ1) is 19.3. The molecule has 1 unspecified atom stereocenters. The second kappa shape index (κ2) is 11.0. The van der Waals surface area contributed by atoms with Crippen molar-refractivity contribution in [1.29, 1.82) is 5.26 Å². The molecule has 0 aromatic rings. The van der Waals surface area contributed by atoms with E-state index in [1.165, 1.54) is 0 Å². The largest absolute Gasteiger partial charge is 0.380 e. The van der Waals surface area contributed by atoms with Crippen molar-refractivity contribution in [2.45, 2.75) is 46.2 Å². The predicted molar refractivity (Wildman–Crippen MR) is 81.7 cm³/mol. The van der Waals surface area contributed by atoms with Crippen LogP contribution in [-0.4, -0.2) is 62.5 Å². The quantitative estimate of drug-likeness (QED) is 0.552. The van der Waals surface area contributed by atoms with Crippen molar-refractivity contribution in [2.24, 2.45) is 0 Å². The maximum atomic E-state index is 9.42. The normalized spacial score (nSPS) is 14.5. The van der Waals surface area contributed by atoms with Crippen molar-refractivity contribution in [3.05, 3.63) is 0 Å². The van der Waals surface area contributed by atoms with Crippen LogP contribution < -0.4 is 5.32 Å². The minimum absolute atomic E-state index is 0.278. The number of rotatable bonds is 12. The van der Waals surface area contributed by atoms with E-state index in [1.807, 2.05) is 20.8 Å². The molecule has 0 saturated carbocycles. The van der Waals surface area contributed by atoms with Crippen LogP contribution in [0.2, 0.25) is 0 Å². The first-order valence-electron chi connectivity index (χ1n) is 7.54. The third-order valence-corrected chi connectivity index (χ3v) is 2.91. The topological polar surface area (TPSA) is 57.5 Å². The summed E-state index contributed by atoms with van der Waals surface area (Å²) in [6, 6.07) is 2.66. The number of hydrogen-bond acceptors (Lipinski definition) is 5. The van der Waals surface area contributed by atoms with Crippen LogP contribution in [0.15, 0.2) is 0 Å². The molecule has 0 bridgehead atoms. The Hall–Kier alpha value is -0.670. The molecule has 0 aromatic heterocycles.